The van der Waals surface area contributed by atoms with Crippen molar-refractivity contribution in [1.82, 2.24) is 10.3 Å². The molecule has 2 heterocycles. The fraction of sp³-hybridized carbons (Fsp3) is 0.167. The number of nitrogens with two attached hydrogens (primary N) is 1. The summed E-state index contributed by atoms with van der Waals surface area (Å²) in [6.45, 7) is 1.85. The smallest absolute Gasteiger partial charge is 0.252 e. The molecule has 18 heavy (non-hydrogen) atoms. The molecule has 0 fully saturated rings. The molecule has 0 spiro atoms. The fourth-order valence-corrected chi connectivity index (χ4v) is 1.54. The van der Waals surface area contributed by atoms with Crippen LogP contribution in [-0.2, 0) is 0 Å². The summed E-state index contributed by atoms with van der Waals surface area (Å²) in [7, 11) is 0. The monoisotopic (exact) mass is 246 g/mol. The molecule has 6 heteroatoms. The zero-order valence-corrected chi connectivity index (χ0v) is 9.88. The molecule has 1 atom stereocenters. The Morgan fingerprint density at radius 2 is 2.33 bits per heavy atom. The minimum absolute atomic E-state index is 0.199. The van der Waals surface area contributed by atoms with Gasteiger partial charge in [-0.2, -0.15) is 0 Å². The third kappa shape index (κ3) is 2.67. The van der Waals surface area contributed by atoms with E-state index in [9.17, 15) is 4.79 Å². The molecular weight excluding hydrogens is 232 g/mol. The molecule has 2 aromatic heterocycles. The van der Waals surface area contributed by atoms with E-state index < -0.39 is 0 Å². The van der Waals surface area contributed by atoms with Crippen molar-refractivity contribution in [2.75, 3.05) is 5.43 Å². The second-order valence-corrected chi connectivity index (χ2v) is 3.78. The van der Waals surface area contributed by atoms with E-state index in [2.05, 4.69) is 15.7 Å². The molecule has 2 aromatic rings. The van der Waals surface area contributed by atoms with E-state index in [1.54, 1.807) is 24.5 Å². The van der Waals surface area contributed by atoms with Crippen molar-refractivity contribution in [3.05, 3.63) is 48.0 Å². The summed E-state index contributed by atoms with van der Waals surface area (Å²) >= 11 is 0. The molecule has 0 saturated carbocycles. The number of anilines is 1. The number of hydrogen-bond acceptors (Lipinski definition) is 5. The van der Waals surface area contributed by atoms with Crippen LogP contribution in [0.1, 0.15) is 29.1 Å². The Hall–Kier alpha value is -2.34. The number of nitrogens with zero attached hydrogens (tertiary/aromatic N) is 1. The molecule has 4 N–H and O–H groups in total. The molecule has 2 rings (SSSR count). The Bertz CT molecular complexity index is 525. The Morgan fingerprint density at radius 1 is 1.50 bits per heavy atom. The second-order valence-electron chi connectivity index (χ2n) is 3.78. The van der Waals surface area contributed by atoms with Crippen LogP contribution >= 0.6 is 0 Å². The number of hydrazine groups is 1. The van der Waals surface area contributed by atoms with Crippen LogP contribution in [0.2, 0.25) is 0 Å². The Labute approximate surface area is 104 Å². The average Bonchev–Trinajstić information content (AvgIpc) is 2.92. The van der Waals surface area contributed by atoms with E-state index in [0.29, 0.717) is 17.1 Å². The summed E-state index contributed by atoms with van der Waals surface area (Å²) in [5.41, 5.74) is 2.88. The standard InChI is InChI=1S/C12H14N4O2/c1-8(10-3-2-6-18-10)15-12(17)9-4-5-14-11(7-9)16-13/h2-8H,13H2,1H3,(H,14,16)(H,15,17). The zero-order valence-electron chi connectivity index (χ0n) is 9.88. The van der Waals surface area contributed by atoms with Crippen LogP contribution in [0.5, 0.6) is 0 Å². The lowest BCUT2D eigenvalue weighted by Gasteiger charge is -2.11. The number of nitrogen functional groups attached to an aromatic ring is 1. The molecule has 1 unspecified atom stereocenters. The number of aromatic nitrogens is 1. The van der Waals surface area contributed by atoms with Crippen molar-refractivity contribution in [3.63, 3.8) is 0 Å². The molecule has 6 nitrogen and oxygen atoms in total. The second kappa shape index (κ2) is 5.33. The lowest BCUT2D eigenvalue weighted by molar-refractivity contribution is 0.0935. The molecular formula is C12H14N4O2. The minimum Gasteiger partial charge on any atom is -0.467 e. The lowest BCUT2D eigenvalue weighted by atomic mass is 10.2. The summed E-state index contributed by atoms with van der Waals surface area (Å²) in [5, 5.41) is 2.82. The van der Waals surface area contributed by atoms with E-state index in [0.717, 1.165) is 0 Å². The van der Waals surface area contributed by atoms with Gasteiger partial charge in [0, 0.05) is 11.8 Å². The first kappa shape index (κ1) is 12.1. The maximum atomic E-state index is 12.0. The number of carbonyl (C=O) groups excluding carboxylic acids is 1. The highest BCUT2D eigenvalue weighted by Gasteiger charge is 2.13. The van der Waals surface area contributed by atoms with Gasteiger partial charge in [0.15, 0.2) is 0 Å². The highest BCUT2D eigenvalue weighted by atomic mass is 16.3. The van der Waals surface area contributed by atoms with Crippen LogP contribution in [-0.4, -0.2) is 10.9 Å². The van der Waals surface area contributed by atoms with Gasteiger partial charge in [-0.3, -0.25) is 4.79 Å². The number of amides is 1. The molecule has 0 radical (unpaired) electrons. The number of rotatable bonds is 4. The Kier molecular flexibility index (Phi) is 3.59. The molecule has 0 aliphatic rings. The van der Waals surface area contributed by atoms with E-state index in [1.165, 1.54) is 6.20 Å². The maximum Gasteiger partial charge on any atom is 0.252 e. The van der Waals surface area contributed by atoms with Crippen molar-refractivity contribution >= 4 is 11.7 Å². The van der Waals surface area contributed by atoms with E-state index >= 15 is 0 Å². The number of furan rings is 1. The fourth-order valence-electron chi connectivity index (χ4n) is 1.54. The van der Waals surface area contributed by atoms with E-state index in [1.807, 2.05) is 13.0 Å². The topological polar surface area (TPSA) is 93.2 Å². The zero-order chi connectivity index (χ0) is 13.0. The van der Waals surface area contributed by atoms with Crippen molar-refractivity contribution in [3.8, 4) is 0 Å². The number of carbonyl (C=O) groups is 1. The first-order chi connectivity index (χ1) is 8.70. The molecule has 0 saturated heterocycles. The van der Waals surface area contributed by atoms with Crippen LogP contribution in [0.3, 0.4) is 0 Å². The van der Waals surface area contributed by atoms with Gasteiger partial charge >= 0.3 is 0 Å². The van der Waals surface area contributed by atoms with Crippen molar-refractivity contribution in [2.45, 2.75) is 13.0 Å². The van der Waals surface area contributed by atoms with Crippen LogP contribution < -0.4 is 16.6 Å². The van der Waals surface area contributed by atoms with Crippen LogP contribution in [0, 0.1) is 0 Å². The third-order valence-electron chi connectivity index (χ3n) is 2.49. The summed E-state index contributed by atoms with van der Waals surface area (Å²) in [4.78, 5) is 15.9. The third-order valence-corrected chi connectivity index (χ3v) is 2.49. The van der Waals surface area contributed by atoms with E-state index in [4.69, 9.17) is 10.3 Å². The van der Waals surface area contributed by atoms with Gasteiger partial charge in [0.2, 0.25) is 0 Å². The summed E-state index contributed by atoms with van der Waals surface area (Å²) in [6, 6.07) is 6.58. The highest BCUT2D eigenvalue weighted by molar-refractivity contribution is 5.94. The van der Waals surface area contributed by atoms with Crippen LogP contribution in [0.25, 0.3) is 0 Å². The SMILES string of the molecule is CC(NC(=O)c1ccnc(NN)c1)c1ccco1. The van der Waals surface area contributed by atoms with Gasteiger partial charge in [0.1, 0.15) is 11.6 Å². The van der Waals surface area contributed by atoms with Gasteiger partial charge < -0.3 is 15.2 Å². The van der Waals surface area contributed by atoms with Gasteiger partial charge in [-0.05, 0) is 31.2 Å². The quantitative estimate of drug-likeness (QED) is 0.561. The largest absolute Gasteiger partial charge is 0.467 e. The Balaban J connectivity index is 2.07. The summed E-state index contributed by atoms with van der Waals surface area (Å²) in [6.07, 6.45) is 3.09. The molecule has 94 valence electrons. The predicted molar refractivity (Wildman–Crippen MR) is 66.6 cm³/mol. The average molecular weight is 246 g/mol. The predicted octanol–water partition coefficient (Wildman–Crippen LogP) is 1.45. The summed E-state index contributed by atoms with van der Waals surface area (Å²) < 4.78 is 5.22. The van der Waals surface area contributed by atoms with Crippen LogP contribution in [0.4, 0.5) is 5.82 Å². The van der Waals surface area contributed by atoms with Gasteiger partial charge in [-0.25, -0.2) is 10.8 Å². The van der Waals surface area contributed by atoms with Gasteiger partial charge in [0.25, 0.3) is 5.91 Å². The summed E-state index contributed by atoms with van der Waals surface area (Å²) in [5.74, 6) is 6.17. The highest BCUT2D eigenvalue weighted by Crippen LogP contribution is 2.13. The maximum absolute atomic E-state index is 12.0. The van der Waals surface area contributed by atoms with Gasteiger partial charge in [-0.15, -0.1) is 0 Å². The molecule has 1 amide bonds. The minimum atomic E-state index is -0.210. The molecule has 0 aliphatic carbocycles. The number of hydrogen-bond donors (Lipinski definition) is 3. The van der Waals surface area contributed by atoms with Crippen molar-refractivity contribution in [2.24, 2.45) is 5.84 Å². The number of nitrogens with one attached hydrogen (secondary N) is 2. The van der Waals surface area contributed by atoms with Gasteiger partial charge in [0.05, 0.1) is 12.3 Å². The number of pyridine rings is 1. The molecule has 0 aliphatic heterocycles. The lowest BCUT2D eigenvalue weighted by Crippen LogP contribution is -2.26. The first-order valence-corrected chi connectivity index (χ1v) is 5.47. The molecule has 0 aromatic carbocycles. The van der Waals surface area contributed by atoms with Crippen molar-refractivity contribution in [1.29, 1.82) is 0 Å². The normalized spacial score (nSPS) is 11.9. The van der Waals surface area contributed by atoms with Crippen LogP contribution in [0.15, 0.2) is 41.1 Å². The first-order valence-electron chi connectivity index (χ1n) is 5.47. The van der Waals surface area contributed by atoms with E-state index in [-0.39, 0.29) is 11.9 Å². The van der Waals surface area contributed by atoms with Gasteiger partial charge in [-0.1, -0.05) is 0 Å². The molecule has 0 bridgehead atoms. The van der Waals surface area contributed by atoms with Crippen molar-refractivity contribution < 1.29 is 9.21 Å². The Morgan fingerprint density at radius 3 is 3.00 bits per heavy atom.